The molecule has 0 spiro atoms. The fraction of sp³-hybridized carbons (Fsp3) is 0.571. The minimum atomic E-state index is -0.829. The third-order valence-corrected chi connectivity index (χ3v) is 4.14. The molecule has 1 unspecified atom stereocenters. The highest BCUT2D eigenvalue weighted by atomic mass is 32.1. The number of hydrogen-bond donors (Lipinski definition) is 2. The van der Waals surface area contributed by atoms with E-state index in [4.69, 9.17) is 5.11 Å². The molecule has 6 heteroatoms. The van der Waals surface area contributed by atoms with Crippen molar-refractivity contribution in [2.45, 2.75) is 38.8 Å². The van der Waals surface area contributed by atoms with Crippen molar-refractivity contribution < 1.29 is 14.7 Å². The summed E-state index contributed by atoms with van der Waals surface area (Å²) in [6.07, 6.45) is 2.20. The Bertz CT molecular complexity index is 457. The fourth-order valence-electron chi connectivity index (χ4n) is 2.06. The largest absolute Gasteiger partial charge is 0.481 e. The van der Waals surface area contributed by atoms with Gasteiger partial charge in [0.2, 0.25) is 0 Å². The average Bonchev–Trinajstić information content (AvgIpc) is 3.09. The normalized spacial score (nSPS) is 15.7. The van der Waals surface area contributed by atoms with Crippen LogP contribution >= 0.6 is 11.3 Å². The highest BCUT2D eigenvalue weighted by molar-refractivity contribution is 7.09. The van der Waals surface area contributed by atoms with Gasteiger partial charge < -0.3 is 15.3 Å². The van der Waals surface area contributed by atoms with E-state index in [2.05, 4.69) is 5.32 Å². The lowest BCUT2D eigenvalue weighted by Gasteiger charge is -2.23. The Morgan fingerprint density at radius 1 is 1.55 bits per heavy atom. The number of carbonyl (C=O) groups is 2. The second-order valence-electron chi connectivity index (χ2n) is 5.33. The number of nitrogens with zero attached hydrogens (tertiary/aromatic N) is 1. The van der Waals surface area contributed by atoms with Gasteiger partial charge in [-0.05, 0) is 30.2 Å². The molecule has 0 aromatic carbocycles. The molecule has 1 fully saturated rings. The third kappa shape index (κ3) is 4.52. The number of carboxylic acids is 1. The van der Waals surface area contributed by atoms with E-state index in [9.17, 15) is 9.59 Å². The van der Waals surface area contributed by atoms with Crippen LogP contribution in [0.2, 0.25) is 0 Å². The molecule has 0 radical (unpaired) electrons. The number of carboxylic acid groups (broad SMARTS) is 1. The van der Waals surface area contributed by atoms with Crippen molar-refractivity contribution >= 4 is 23.3 Å². The number of aliphatic carboxylic acids is 1. The first-order valence-corrected chi connectivity index (χ1v) is 7.73. The van der Waals surface area contributed by atoms with Crippen LogP contribution in [-0.4, -0.2) is 34.6 Å². The van der Waals surface area contributed by atoms with Crippen LogP contribution in [0.4, 0.5) is 4.79 Å². The predicted molar refractivity (Wildman–Crippen MR) is 77.7 cm³/mol. The quantitative estimate of drug-likeness (QED) is 0.812. The number of amides is 2. The first kappa shape index (κ1) is 14.8. The minimum Gasteiger partial charge on any atom is -0.481 e. The van der Waals surface area contributed by atoms with Crippen molar-refractivity contribution in [1.29, 1.82) is 0 Å². The summed E-state index contributed by atoms with van der Waals surface area (Å²) in [5.74, 6) is -0.886. The maximum atomic E-state index is 12.2. The molecule has 2 amide bonds. The van der Waals surface area contributed by atoms with Gasteiger partial charge in [-0.1, -0.05) is 13.0 Å². The molecule has 0 saturated heterocycles. The standard InChI is InChI=1S/C14H20N2O3S/c1-10(7-13(17)18)8-15-14(19)16(11-4-5-11)9-12-3-2-6-20-12/h2-3,6,10-11H,4-5,7-9H2,1H3,(H,15,19)(H,17,18). The van der Waals surface area contributed by atoms with Crippen LogP contribution in [0.15, 0.2) is 17.5 Å². The molecule has 5 nitrogen and oxygen atoms in total. The molecular formula is C14H20N2O3S. The van der Waals surface area contributed by atoms with Crippen LogP contribution in [0.1, 0.15) is 31.1 Å². The van der Waals surface area contributed by atoms with Crippen LogP contribution in [0.5, 0.6) is 0 Å². The molecule has 20 heavy (non-hydrogen) atoms. The second kappa shape index (κ2) is 6.74. The number of thiophene rings is 1. The van der Waals surface area contributed by atoms with E-state index >= 15 is 0 Å². The zero-order valence-corrected chi connectivity index (χ0v) is 12.4. The maximum Gasteiger partial charge on any atom is 0.317 e. The van der Waals surface area contributed by atoms with Crippen molar-refractivity contribution in [3.63, 3.8) is 0 Å². The lowest BCUT2D eigenvalue weighted by molar-refractivity contribution is -0.137. The number of hydrogen-bond acceptors (Lipinski definition) is 3. The summed E-state index contributed by atoms with van der Waals surface area (Å²) in [6, 6.07) is 4.27. The second-order valence-corrected chi connectivity index (χ2v) is 6.36. The van der Waals surface area contributed by atoms with E-state index < -0.39 is 5.97 Å². The van der Waals surface area contributed by atoms with Gasteiger partial charge in [-0.2, -0.15) is 0 Å². The van der Waals surface area contributed by atoms with Gasteiger partial charge in [-0.15, -0.1) is 11.3 Å². The Morgan fingerprint density at radius 2 is 2.30 bits per heavy atom. The first-order chi connectivity index (χ1) is 9.56. The van der Waals surface area contributed by atoms with Gasteiger partial charge in [0, 0.05) is 23.9 Å². The fourth-order valence-corrected chi connectivity index (χ4v) is 2.76. The molecule has 1 heterocycles. The topological polar surface area (TPSA) is 69.6 Å². The molecule has 1 aliphatic carbocycles. The monoisotopic (exact) mass is 296 g/mol. The molecule has 1 atom stereocenters. The van der Waals surface area contributed by atoms with Gasteiger partial charge in [0.25, 0.3) is 0 Å². The molecule has 1 aromatic rings. The molecule has 1 aromatic heterocycles. The third-order valence-electron chi connectivity index (χ3n) is 3.28. The summed E-state index contributed by atoms with van der Waals surface area (Å²) >= 11 is 1.65. The Hall–Kier alpha value is -1.56. The van der Waals surface area contributed by atoms with Crippen molar-refractivity contribution in [2.75, 3.05) is 6.54 Å². The minimum absolute atomic E-state index is 0.0563. The van der Waals surface area contributed by atoms with Gasteiger partial charge in [-0.25, -0.2) is 4.79 Å². The van der Waals surface area contributed by atoms with Crippen molar-refractivity contribution in [2.24, 2.45) is 5.92 Å². The summed E-state index contributed by atoms with van der Waals surface area (Å²) in [5.41, 5.74) is 0. The molecule has 110 valence electrons. The van der Waals surface area contributed by atoms with E-state index in [0.717, 1.165) is 12.8 Å². The summed E-state index contributed by atoms with van der Waals surface area (Å²) in [6.45, 7) is 2.87. The van der Waals surface area contributed by atoms with Gasteiger partial charge in [-0.3, -0.25) is 4.79 Å². The Labute approximate surface area is 122 Å². The zero-order chi connectivity index (χ0) is 14.5. The van der Waals surface area contributed by atoms with E-state index in [0.29, 0.717) is 19.1 Å². The number of urea groups is 1. The van der Waals surface area contributed by atoms with Gasteiger partial charge >= 0.3 is 12.0 Å². The summed E-state index contributed by atoms with van der Waals surface area (Å²) in [5, 5.41) is 13.6. The van der Waals surface area contributed by atoms with E-state index in [1.807, 2.05) is 29.3 Å². The molecule has 1 saturated carbocycles. The molecule has 0 aliphatic heterocycles. The first-order valence-electron chi connectivity index (χ1n) is 6.85. The van der Waals surface area contributed by atoms with Crippen LogP contribution < -0.4 is 5.32 Å². The van der Waals surface area contributed by atoms with Gasteiger partial charge in [0.15, 0.2) is 0 Å². The van der Waals surface area contributed by atoms with Crippen LogP contribution in [0.25, 0.3) is 0 Å². The van der Waals surface area contributed by atoms with E-state index in [1.54, 1.807) is 11.3 Å². The average molecular weight is 296 g/mol. The Kier molecular flexibility index (Phi) is 5.00. The van der Waals surface area contributed by atoms with Gasteiger partial charge in [0.05, 0.1) is 6.54 Å². The van der Waals surface area contributed by atoms with Crippen molar-refractivity contribution in [1.82, 2.24) is 10.2 Å². The Morgan fingerprint density at radius 3 is 2.85 bits per heavy atom. The van der Waals surface area contributed by atoms with Crippen LogP contribution in [0.3, 0.4) is 0 Å². The molecule has 0 bridgehead atoms. The number of nitrogens with one attached hydrogen (secondary N) is 1. The lowest BCUT2D eigenvalue weighted by atomic mass is 10.1. The van der Waals surface area contributed by atoms with Crippen molar-refractivity contribution in [3.05, 3.63) is 22.4 Å². The summed E-state index contributed by atoms with van der Waals surface area (Å²) in [4.78, 5) is 25.8. The zero-order valence-electron chi connectivity index (χ0n) is 11.5. The molecule has 1 aliphatic rings. The summed E-state index contributed by atoms with van der Waals surface area (Å²) in [7, 11) is 0. The molecule has 2 N–H and O–H groups in total. The molecule has 2 rings (SSSR count). The SMILES string of the molecule is CC(CNC(=O)N(Cc1cccs1)C1CC1)CC(=O)O. The summed E-state index contributed by atoms with van der Waals surface area (Å²) < 4.78 is 0. The highest BCUT2D eigenvalue weighted by Crippen LogP contribution is 2.29. The molecular weight excluding hydrogens is 276 g/mol. The predicted octanol–water partition coefficient (Wildman–Crippen LogP) is 2.53. The van der Waals surface area contributed by atoms with Crippen molar-refractivity contribution in [3.8, 4) is 0 Å². The van der Waals surface area contributed by atoms with E-state index in [1.165, 1.54) is 4.88 Å². The highest BCUT2D eigenvalue weighted by Gasteiger charge is 2.32. The number of rotatable bonds is 7. The smallest absolute Gasteiger partial charge is 0.317 e. The van der Waals surface area contributed by atoms with Crippen LogP contribution in [-0.2, 0) is 11.3 Å². The van der Waals surface area contributed by atoms with E-state index in [-0.39, 0.29) is 18.4 Å². The number of carbonyl (C=O) groups excluding carboxylic acids is 1. The van der Waals surface area contributed by atoms with Crippen LogP contribution in [0, 0.1) is 5.92 Å². The maximum absolute atomic E-state index is 12.2. The Balaban J connectivity index is 1.83. The van der Waals surface area contributed by atoms with Gasteiger partial charge in [0.1, 0.15) is 0 Å². The lowest BCUT2D eigenvalue weighted by Crippen LogP contribution is -2.42.